The highest BCUT2D eigenvalue weighted by Gasteiger charge is 2.29. The number of thioether (sulfide) groups is 1. The minimum atomic E-state index is -4.29. The number of rotatable bonds is 6. The minimum absolute atomic E-state index is 0.0189. The van der Waals surface area contributed by atoms with E-state index < -0.39 is 5.51 Å². The Morgan fingerprint density at radius 2 is 1.88 bits per heavy atom. The van der Waals surface area contributed by atoms with Crippen molar-refractivity contribution in [2.75, 3.05) is 6.54 Å². The lowest BCUT2D eigenvalue weighted by Crippen LogP contribution is -2.05. The topological polar surface area (TPSA) is 43.8 Å². The van der Waals surface area contributed by atoms with Gasteiger partial charge in [0, 0.05) is 29.1 Å². The van der Waals surface area contributed by atoms with Gasteiger partial charge in [-0.2, -0.15) is 18.3 Å². The van der Waals surface area contributed by atoms with Gasteiger partial charge in [0.2, 0.25) is 0 Å². The Labute approximate surface area is 147 Å². The van der Waals surface area contributed by atoms with Crippen molar-refractivity contribution >= 4 is 11.8 Å². The van der Waals surface area contributed by atoms with Gasteiger partial charge in [-0.3, -0.25) is 4.68 Å². The Hall–Kier alpha value is -1.80. The van der Waals surface area contributed by atoms with Crippen molar-refractivity contribution in [1.29, 1.82) is 0 Å². The zero-order valence-corrected chi connectivity index (χ0v) is 14.7. The maximum atomic E-state index is 13.6. The molecule has 8 heteroatoms. The average Bonchev–Trinajstić information content (AvgIpc) is 2.75. The number of aryl methyl sites for hydroxylation is 1. The molecule has 0 bridgehead atoms. The lowest BCUT2D eigenvalue weighted by Gasteiger charge is -2.07. The van der Waals surface area contributed by atoms with Crippen LogP contribution in [0.25, 0.3) is 0 Å². The van der Waals surface area contributed by atoms with Gasteiger partial charge in [0.1, 0.15) is 5.83 Å². The molecule has 0 aliphatic heterocycles. The van der Waals surface area contributed by atoms with Gasteiger partial charge in [-0.15, -0.1) is 0 Å². The van der Waals surface area contributed by atoms with Crippen LogP contribution in [0.3, 0.4) is 0 Å². The average molecular weight is 373 g/mol. The summed E-state index contributed by atoms with van der Waals surface area (Å²) in [5.41, 5.74) is 4.40. The molecular weight excluding hydrogens is 354 g/mol. The smallest absolute Gasteiger partial charge is 0.327 e. The summed E-state index contributed by atoms with van der Waals surface area (Å²) in [4.78, 5) is 0.148. The first-order valence-electron chi connectivity index (χ1n) is 7.61. The van der Waals surface area contributed by atoms with Gasteiger partial charge in [0.15, 0.2) is 0 Å². The molecule has 0 saturated heterocycles. The van der Waals surface area contributed by atoms with E-state index >= 15 is 0 Å². The van der Waals surface area contributed by atoms with Gasteiger partial charge < -0.3 is 5.73 Å². The van der Waals surface area contributed by atoms with E-state index in [1.54, 1.807) is 16.8 Å². The number of aromatic nitrogens is 2. The maximum absolute atomic E-state index is 13.6. The van der Waals surface area contributed by atoms with Crippen LogP contribution in [0.2, 0.25) is 0 Å². The van der Waals surface area contributed by atoms with E-state index in [9.17, 15) is 17.6 Å². The molecule has 0 atom stereocenters. The predicted octanol–water partition coefficient (Wildman–Crippen LogP) is 4.51. The van der Waals surface area contributed by atoms with Crippen molar-refractivity contribution in [3.63, 3.8) is 0 Å². The standard InChI is InChI=1S/C17H19F4N3S/c1-11-16(12(2)24(23-11)10-14(18)7-8-22)9-13-3-5-15(6-4-13)25-17(19,20)21/h3-7H,8-10,22H2,1-2H3/b14-7-. The van der Waals surface area contributed by atoms with Crippen LogP contribution in [0.15, 0.2) is 41.1 Å². The normalized spacial score (nSPS) is 12.7. The van der Waals surface area contributed by atoms with Crippen molar-refractivity contribution < 1.29 is 17.6 Å². The molecule has 2 rings (SSSR count). The molecule has 0 amide bonds. The fourth-order valence-corrected chi connectivity index (χ4v) is 3.03. The SMILES string of the molecule is Cc1nn(C/C(F)=C/CN)c(C)c1Cc1ccc(SC(F)(F)F)cc1. The highest BCUT2D eigenvalue weighted by Crippen LogP contribution is 2.36. The second-order valence-corrected chi connectivity index (χ2v) is 6.70. The monoisotopic (exact) mass is 373 g/mol. The molecule has 0 saturated carbocycles. The molecule has 1 aromatic carbocycles. The summed E-state index contributed by atoms with van der Waals surface area (Å²) in [7, 11) is 0. The van der Waals surface area contributed by atoms with Crippen LogP contribution in [0.1, 0.15) is 22.5 Å². The van der Waals surface area contributed by atoms with Crippen molar-refractivity contribution in [1.82, 2.24) is 9.78 Å². The number of alkyl halides is 3. The fraction of sp³-hybridized carbons (Fsp3) is 0.353. The van der Waals surface area contributed by atoms with E-state index in [4.69, 9.17) is 5.73 Å². The summed E-state index contributed by atoms with van der Waals surface area (Å²) >= 11 is -0.137. The van der Waals surface area contributed by atoms with Crippen LogP contribution in [0.4, 0.5) is 17.6 Å². The van der Waals surface area contributed by atoms with Crippen molar-refractivity contribution in [2.45, 2.75) is 37.2 Å². The quantitative estimate of drug-likeness (QED) is 0.598. The third kappa shape index (κ3) is 5.61. The summed E-state index contributed by atoms with van der Waals surface area (Å²) in [5, 5.41) is 4.34. The Morgan fingerprint density at radius 3 is 2.44 bits per heavy atom. The lowest BCUT2D eigenvalue weighted by atomic mass is 10.0. The minimum Gasteiger partial charge on any atom is -0.327 e. The second-order valence-electron chi connectivity index (χ2n) is 5.56. The molecule has 0 aliphatic rings. The van der Waals surface area contributed by atoms with Gasteiger partial charge in [0.25, 0.3) is 0 Å². The van der Waals surface area contributed by atoms with Crippen molar-refractivity contribution in [3.8, 4) is 0 Å². The van der Waals surface area contributed by atoms with Crippen molar-refractivity contribution in [3.05, 3.63) is 58.7 Å². The van der Waals surface area contributed by atoms with Gasteiger partial charge in [0.05, 0.1) is 12.2 Å². The molecule has 3 nitrogen and oxygen atoms in total. The predicted molar refractivity (Wildman–Crippen MR) is 91.1 cm³/mol. The fourth-order valence-electron chi connectivity index (χ4n) is 2.49. The van der Waals surface area contributed by atoms with Gasteiger partial charge in [-0.25, -0.2) is 4.39 Å². The van der Waals surface area contributed by atoms with E-state index in [0.717, 1.165) is 22.5 Å². The summed E-state index contributed by atoms with van der Waals surface area (Å²) in [5.74, 6) is -0.354. The molecule has 0 unspecified atom stereocenters. The van der Waals surface area contributed by atoms with Gasteiger partial charge >= 0.3 is 5.51 Å². The molecule has 2 N–H and O–H groups in total. The number of benzene rings is 1. The first kappa shape index (κ1) is 19.5. The number of halogens is 4. The van der Waals surface area contributed by atoms with E-state index in [-0.39, 0.29) is 35.6 Å². The van der Waals surface area contributed by atoms with E-state index in [1.165, 1.54) is 18.2 Å². The Morgan fingerprint density at radius 1 is 1.24 bits per heavy atom. The third-order valence-corrected chi connectivity index (χ3v) is 4.45. The van der Waals surface area contributed by atoms with Crippen molar-refractivity contribution in [2.24, 2.45) is 5.73 Å². The first-order valence-corrected chi connectivity index (χ1v) is 8.43. The van der Waals surface area contributed by atoms with E-state index in [0.29, 0.717) is 6.42 Å². The molecule has 0 spiro atoms. The number of hydrogen-bond donors (Lipinski definition) is 1. The Kier molecular flexibility index (Phi) is 6.29. The molecule has 136 valence electrons. The zero-order valence-electron chi connectivity index (χ0n) is 13.9. The van der Waals surface area contributed by atoms with Gasteiger partial charge in [-0.05, 0) is 49.4 Å². The summed E-state index contributed by atoms with van der Waals surface area (Å²) in [6.07, 6.45) is 1.82. The van der Waals surface area contributed by atoms with Crippen LogP contribution in [-0.4, -0.2) is 21.8 Å². The summed E-state index contributed by atoms with van der Waals surface area (Å²) in [6.45, 7) is 3.82. The highest BCUT2D eigenvalue weighted by molar-refractivity contribution is 8.00. The molecular formula is C17H19F4N3S. The summed E-state index contributed by atoms with van der Waals surface area (Å²) < 4.78 is 52.3. The lowest BCUT2D eigenvalue weighted by molar-refractivity contribution is -0.0328. The second kappa shape index (κ2) is 8.05. The van der Waals surface area contributed by atoms with E-state index in [2.05, 4.69) is 5.10 Å². The van der Waals surface area contributed by atoms with Crippen LogP contribution < -0.4 is 5.73 Å². The van der Waals surface area contributed by atoms with E-state index in [1.807, 2.05) is 13.8 Å². The van der Waals surface area contributed by atoms with Crippen LogP contribution in [-0.2, 0) is 13.0 Å². The number of nitrogens with zero attached hydrogens (tertiary/aromatic N) is 2. The van der Waals surface area contributed by atoms with Crippen LogP contribution >= 0.6 is 11.8 Å². The Bertz CT molecular complexity index is 748. The maximum Gasteiger partial charge on any atom is 0.446 e. The molecule has 0 aliphatic carbocycles. The molecule has 1 heterocycles. The largest absolute Gasteiger partial charge is 0.446 e. The number of hydrogen-bond acceptors (Lipinski definition) is 3. The number of allylic oxidation sites excluding steroid dienone is 1. The van der Waals surface area contributed by atoms with Crippen LogP contribution in [0, 0.1) is 13.8 Å². The molecule has 25 heavy (non-hydrogen) atoms. The summed E-state index contributed by atoms with van der Waals surface area (Å²) in [6, 6.07) is 6.23. The Balaban J connectivity index is 2.15. The molecule has 2 aromatic rings. The zero-order chi connectivity index (χ0) is 18.6. The molecule has 0 radical (unpaired) electrons. The highest BCUT2D eigenvalue weighted by atomic mass is 32.2. The van der Waals surface area contributed by atoms with Crippen LogP contribution in [0.5, 0.6) is 0 Å². The first-order chi connectivity index (χ1) is 11.7. The molecule has 0 fully saturated rings. The molecule has 1 aromatic heterocycles. The third-order valence-electron chi connectivity index (χ3n) is 3.71. The number of nitrogens with two attached hydrogens (primary N) is 1. The van der Waals surface area contributed by atoms with Gasteiger partial charge in [-0.1, -0.05) is 12.1 Å².